The lowest BCUT2D eigenvalue weighted by molar-refractivity contribution is -0.178. The quantitative estimate of drug-likeness (QED) is 0.202. The number of likely N-dealkylation sites (N-methyl/N-ethyl adjacent to an activating group) is 1. The molecule has 0 radical (unpaired) electrons. The summed E-state index contributed by atoms with van der Waals surface area (Å²) in [6, 6.07) is 1.81. The van der Waals surface area contributed by atoms with Gasteiger partial charge in [0.1, 0.15) is 17.4 Å². The maximum atomic E-state index is 13.7. The minimum atomic E-state index is -2.63. The molecule has 1 aromatic rings. The standard InChI is InChI=1S/C27H34N2O8/c1-4-5-6-7-16(30)13-8-9-17(31)19-14(13)10-12-11-15-21(29(2)3)23(33)20(26(28)36)25(35)27(15,37)24(34)18(12)22(19)32/h8-9,12,15,20-21,23,31,33-34,37H,4-7,10-11H2,1-3H3,(H2,28,36)/t12-,15-,20?,21-,23?,27-/m0/s1. The number of carbonyl (C=O) groups excluding carboxylic acids is 4. The van der Waals surface area contributed by atoms with Crippen molar-refractivity contribution >= 4 is 23.3 Å². The molecule has 10 nitrogen and oxygen atoms in total. The highest BCUT2D eigenvalue weighted by Crippen LogP contribution is 2.52. The van der Waals surface area contributed by atoms with E-state index in [-0.39, 0.29) is 41.9 Å². The van der Waals surface area contributed by atoms with E-state index in [9.17, 15) is 39.6 Å². The third-order valence-corrected chi connectivity index (χ3v) is 8.28. The third-order valence-electron chi connectivity index (χ3n) is 8.28. The van der Waals surface area contributed by atoms with E-state index in [0.717, 1.165) is 12.8 Å². The number of fused-ring (bicyclic) bond motifs is 3. The first-order valence-corrected chi connectivity index (χ1v) is 12.6. The summed E-state index contributed by atoms with van der Waals surface area (Å²) in [5.41, 5.74) is 3.09. The van der Waals surface area contributed by atoms with E-state index in [4.69, 9.17) is 5.73 Å². The van der Waals surface area contributed by atoms with Crippen LogP contribution in [0.15, 0.2) is 23.5 Å². The number of unbranched alkanes of at least 4 members (excludes halogenated alkanes) is 2. The van der Waals surface area contributed by atoms with Crippen molar-refractivity contribution in [2.24, 2.45) is 23.5 Å². The number of nitrogens with two attached hydrogens (primary N) is 1. The molecule has 200 valence electrons. The van der Waals surface area contributed by atoms with Gasteiger partial charge in [-0.25, -0.2) is 0 Å². The van der Waals surface area contributed by atoms with E-state index in [0.29, 0.717) is 17.5 Å². The van der Waals surface area contributed by atoms with Gasteiger partial charge in [-0.1, -0.05) is 19.8 Å². The van der Waals surface area contributed by atoms with Crippen LogP contribution < -0.4 is 5.73 Å². The van der Waals surface area contributed by atoms with Gasteiger partial charge in [-0.15, -0.1) is 0 Å². The Hall–Kier alpha value is -3.08. The number of aromatic hydroxyl groups is 1. The van der Waals surface area contributed by atoms with Crippen molar-refractivity contribution in [1.29, 1.82) is 0 Å². The third kappa shape index (κ3) is 3.98. The van der Waals surface area contributed by atoms with Gasteiger partial charge in [-0.3, -0.25) is 19.2 Å². The molecule has 0 heterocycles. The number of phenolic OH excluding ortho intramolecular Hbond substituents is 1. The fraction of sp³-hybridized carbons (Fsp3) is 0.556. The van der Waals surface area contributed by atoms with Crippen molar-refractivity contribution < 1.29 is 39.6 Å². The number of benzene rings is 1. The SMILES string of the molecule is CCCCCC(=O)c1ccc(O)c2c1C[C@H]1C[C@H]3[C@H](N(C)C)C(O)C(C(N)=O)C(=O)[C@@]3(O)C(O)=C1C2=O. The molecule has 4 rings (SSSR count). The number of ketones is 3. The van der Waals surface area contributed by atoms with Crippen LogP contribution in [-0.4, -0.2) is 80.4 Å². The number of hydrogen-bond donors (Lipinski definition) is 5. The lowest BCUT2D eigenvalue weighted by Crippen LogP contribution is -2.71. The molecular weight excluding hydrogens is 480 g/mol. The van der Waals surface area contributed by atoms with Gasteiger partial charge in [0.25, 0.3) is 0 Å². The van der Waals surface area contributed by atoms with Crippen LogP contribution in [0.3, 0.4) is 0 Å². The molecule has 1 fully saturated rings. The van der Waals surface area contributed by atoms with Gasteiger partial charge in [0, 0.05) is 29.5 Å². The molecule has 6 N–H and O–H groups in total. The molecular formula is C27H34N2O8. The Balaban J connectivity index is 1.86. The lowest BCUT2D eigenvalue weighted by atomic mass is 9.55. The number of hydrogen-bond acceptors (Lipinski definition) is 9. The number of rotatable bonds is 7. The van der Waals surface area contributed by atoms with Gasteiger partial charge in [0.2, 0.25) is 5.91 Å². The number of amides is 1. The monoisotopic (exact) mass is 514 g/mol. The Morgan fingerprint density at radius 3 is 2.43 bits per heavy atom. The minimum absolute atomic E-state index is 0.0112. The van der Waals surface area contributed by atoms with E-state index in [1.165, 1.54) is 12.1 Å². The molecule has 1 aromatic carbocycles. The Bertz CT molecular complexity index is 1210. The van der Waals surface area contributed by atoms with Crippen LogP contribution >= 0.6 is 0 Å². The smallest absolute Gasteiger partial charge is 0.230 e. The summed E-state index contributed by atoms with van der Waals surface area (Å²) in [6.07, 6.45) is 1.38. The average Bonchev–Trinajstić information content (AvgIpc) is 2.81. The largest absolute Gasteiger partial charge is 0.508 e. The molecule has 3 aliphatic carbocycles. The van der Waals surface area contributed by atoms with E-state index < -0.39 is 58.7 Å². The van der Waals surface area contributed by atoms with Gasteiger partial charge in [0.05, 0.1) is 11.7 Å². The highest BCUT2D eigenvalue weighted by atomic mass is 16.3. The summed E-state index contributed by atoms with van der Waals surface area (Å²) < 4.78 is 0. The molecule has 37 heavy (non-hydrogen) atoms. The fourth-order valence-corrected chi connectivity index (χ4v) is 6.54. The number of allylic oxidation sites excluding steroid dienone is 1. The lowest BCUT2D eigenvalue weighted by Gasteiger charge is -2.53. The summed E-state index contributed by atoms with van der Waals surface area (Å²) >= 11 is 0. The maximum Gasteiger partial charge on any atom is 0.230 e. The topological polar surface area (TPSA) is 178 Å². The zero-order valence-corrected chi connectivity index (χ0v) is 21.2. The predicted octanol–water partition coefficient (Wildman–Crippen LogP) is 1.05. The summed E-state index contributed by atoms with van der Waals surface area (Å²) in [5.74, 6) is -8.07. The molecule has 0 spiro atoms. The predicted molar refractivity (Wildman–Crippen MR) is 132 cm³/mol. The van der Waals surface area contributed by atoms with Crippen LogP contribution in [0, 0.1) is 17.8 Å². The number of primary amides is 1. The van der Waals surface area contributed by atoms with Crippen LogP contribution in [0.1, 0.15) is 65.3 Å². The maximum absolute atomic E-state index is 13.7. The van der Waals surface area contributed by atoms with E-state index in [1.807, 2.05) is 6.92 Å². The zero-order chi connectivity index (χ0) is 27.4. The first-order chi connectivity index (χ1) is 17.4. The Morgan fingerprint density at radius 1 is 1.16 bits per heavy atom. The molecule has 0 aromatic heterocycles. The molecule has 6 atom stereocenters. The molecule has 0 aliphatic heterocycles. The first-order valence-electron chi connectivity index (χ1n) is 12.6. The van der Waals surface area contributed by atoms with Gasteiger partial charge in [0.15, 0.2) is 23.0 Å². The zero-order valence-electron chi connectivity index (χ0n) is 21.2. The van der Waals surface area contributed by atoms with Crippen molar-refractivity contribution in [3.63, 3.8) is 0 Å². The summed E-state index contributed by atoms with van der Waals surface area (Å²) in [6.45, 7) is 2.02. The normalized spacial score (nSPS) is 31.1. The molecule has 3 aliphatic rings. The number of carbonyl (C=O) groups is 4. The minimum Gasteiger partial charge on any atom is -0.508 e. The van der Waals surface area contributed by atoms with Gasteiger partial charge < -0.3 is 31.1 Å². The molecule has 2 unspecified atom stereocenters. The second-order valence-corrected chi connectivity index (χ2v) is 10.7. The number of nitrogens with zero attached hydrogens (tertiary/aromatic N) is 1. The molecule has 10 heteroatoms. The number of aliphatic hydroxyl groups is 3. The first kappa shape index (κ1) is 27.0. The van der Waals surface area contributed by atoms with Crippen molar-refractivity contribution in [1.82, 2.24) is 4.90 Å². The van der Waals surface area contributed by atoms with E-state index in [2.05, 4.69) is 0 Å². The summed E-state index contributed by atoms with van der Waals surface area (Å²) in [7, 11) is 3.20. The summed E-state index contributed by atoms with van der Waals surface area (Å²) in [4.78, 5) is 53.7. The number of phenols is 1. The molecule has 1 saturated carbocycles. The Labute approximate surface area is 214 Å². The Kier molecular flexibility index (Phi) is 7.04. The van der Waals surface area contributed by atoms with Crippen LogP contribution in [0.25, 0.3) is 0 Å². The van der Waals surface area contributed by atoms with Crippen molar-refractivity contribution in [2.75, 3.05) is 14.1 Å². The second kappa shape index (κ2) is 9.66. The van der Waals surface area contributed by atoms with Crippen molar-refractivity contribution in [3.05, 3.63) is 40.2 Å². The number of aliphatic hydroxyl groups excluding tert-OH is 2. The van der Waals surface area contributed by atoms with Crippen molar-refractivity contribution in [3.8, 4) is 5.75 Å². The highest BCUT2D eigenvalue weighted by molar-refractivity contribution is 6.17. The van der Waals surface area contributed by atoms with E-state index >= 15 is 0 Å². The fourth-order valence-electron chi connectivity index (χ4n) is 6.54. The van der Waals surface area contributed by atoms with Gasteiger partial charge in [-0.2, -0.15) is 0 Å². The molecule has 0 bridgehead atoms. The van der Waals surface area contributed by atoms with Crippen LogP contribution in [-0.2, 0) is 16.0 Å². The van der Waals surface area contributed by atoms with Crippen LogP contribution in [0.4, 0.5) is 0 Å². The number of Topliss-reactive ketones (excluding diaryl/α,β-unsaturated/α-hetero) is 3. The van der Waals surface area contributed by atoms with Crippen LogP contribution in [0.5, 0.6) is 5.75 Å². The Morgan fingerprint density at radius 2 is 1.84 bits per heavy atom. The summed E-state index contributed by atoms with van der Waals surface area (Å²) in [5, 5.41) is 44.5. The van der Waals surface area contributed by atoms with Crippen molar-refractivity contribution in [2.45, 2.75) is 63.2 Å². The van der Waals surface area contributed by atoms with E-state index in [1.54, 1.807) is 19.0 Å². The molecule has 1 amide bonds. The highest BCUT2D eigenvalue weighted by Gasteiger charge is 2.66. The van der Waals surface area contributed by atoms with Gasteiger partial charge >= 0.3 is 0 Å². The molecule has 0 saturated heterocycles. The second-order valence-electron chi connectivity index (χ2n) is 10.7. The van der Waals surface area contributed by atoms with Gasteiger partial charge in [-0.05, 0) is 57.0 Å². The average molecular weight is 515 g/mol. The van der Waals surface area contributed by atoms with Crippen LogP contribution in [0.2, 0.25) is 0 Å².